The second kappa shape index (κ2) is 5.80. The minimum atomic E-state index is -3.95. The van der Waals surface area contributed by atoms with Crippen LogP contribution in [0.4, 0.5) is 5.13 Å². The van der Waals surface area contributed by atoms with Crippen molar-refractivity contribution in [1.29, 1.82) is 0 Å². The van der Waals surface area contributed by atoms with Gasteiger partial charge in [-0.25, -0.2) is 18.2 Å². The molecule has 1 aliphatic rings. The van der Waals surface area contributed by atoms with E-state index in [1.54, 1.807) is 12.3 Å². The van der Waals surface area contributed by atoms with Gasteiger partial charge in [-0.3, -0.25) is 4.31 Å². The number of nitrogens with one attached hydrogen (secondary N) is 1. The van der Waals surface area contributed by atoms with Crippen LogP contribution >= 0.6 is 11.3 Å². The van der Waals surface area contributed by atoms with Crippen LogP contribution in [0.25, 0.3) is 5.76 Å². The number of aryl methyl sites for hydroxylation is 1. The highest BCUT2D eigenvalue weighted by molar-refractivity contribution is 7.89. The molecule has 2 aromatic rings. The van der Waals surface area contributed by atoms with Crippen LogP contribution in [-0.2, 0) is 19.7 Å². The third-order valence-electron chi connectivity index (χ3n) is 3.37. The number of aliphatic hydroxyl groups excluding tert-OH is 1. The quantitative estimate of drug-likeness (QED) is 0.797. The molecule has 0 amide bonds. The molecule has 0 spiro atoms. The van der Waals surface area contributed by atoms with Gasteiger partial charge in [0.2, 0.25) is 5.13 Å². The Morgan fingerprint density at radius 2 is 2.08 bits per heavy atom. The van der Waals surface area contributed by atoms with Gasteiger partial charge in [0.25, 0.3) is 10.0 Å². The van der Waals surface area contributed by atoms with E-state index in [4.69, 9.17) is 4.84 Å². The van der Waals surface area contributed by atoms with Gasteiger partial charge in [0.1, 0.15) is 0 Å². The predicted octanol–water partition coefficient (Wildman–Crippen LogP) is 1.88. The molecule has 1 aliphatic heterocycles. The molecular formula is C14H13N3O5S2. The third-order valence-corrected chi connectivity index (χ3v) is 5.99. The predicted molar refractivity (Wildman–Crippen MR) is 87.5 cm³/mol. The Labute approximate surface area is 142 Å². The van der Waals surface area contributed by atoms with Gasteiger partial charge in [-0.1, -0.05) is 23.5 Å². The van der Waals surface area contributed by atoms with Gasteiger partial charge in [0.05, 0.1) is 4.90 Å². The summed E-state index contributed by atoms with van der Waals surface area (Å²) < 4.78 is 25.7. The van der Waals surface area contributed by atoms with Crippen molar-refractivity contribution in [3.8, 4) is 0 Å². The largest absolute Gasteiger partial charge is 0.505 e. The Balaban J connectivity index is 1.95. The summed E-state index contributed by atoms with van der Waals surface area (Å²) in [5.74, 6) is -1.51. The molecule has 126 valence electrons. The number of anilines is 1. The lowest BCUT2D eigenvalue weighted by molar-refractivity contribution is -0.137. The van der Waals surface area contributed by atoms with E-state index in [1.165, 1.54) is 36.6 Å². The third kappa shape index (κ3) is 2.59. The number of benzene rings is 1. The number of thiazole rings is 1. The second-order valence-electron chi connectivity index (χ2n) is 4.93. The zero-order valence-electron chi connectivity index (χ0n) is 12.7. The van der Waals surface area contributed by atoms with Gasteiger partial charge < -0.3 is 9.94 Å². The van der Waals surface area contributed by atoms with E-state index < -0.39 is 27.4 Å². The van der Waals surface area contributed by atoms with E-state index in [2.05, 4.69) is 10.5 Å². The van der Waals surface area contributed by atoms with Crippen LogP contribution in [0.1, 0.15) is 10.4 Å². The first-order valence-electron chi connectivity index (χ1n) is 6.73. The molecule has 0 atom stereocenters. The molecule has 0 saturated carbocycles. The van der Waals surface area contributed by atoms with Crippen molar-refractivity contribution in [3.05, 3.63) is 46.6 Å². The van der Waals surface area contributed by atoms with Crippen LogP contribution < -0.4 is 5.48 Å². The molecule has 3 rings (SSSR count). The fraction of sp³-hybridized carbons (Fsp3) is 0.143. The molecule has 1 aromatic carbocycles. The van der Waals surface area contributed by atoms with E-state index in [1.807, 2.05) is 6.92 Å². The fourth-order valence-electron chi connectivity index (χ4n) is 2.20. The maximum atomic E-state index is 12.5. The Morgan fingerprint density at radius 1 is 1.38 bits per heavy atom. The summed E-state index contributed by atoms with van der Waals surface area (Å²) in [4.78, 5) is 21.9. The Hall–Kier alpha value is -2.59. The summed E-state index contributed by atoms with van der Waals surface area (Å²) in [5, 5.41) is 10.7. The number of carbonyl (C=O) groups is 1. The number of fused-ring (bicyclic) bond motifs is 1. The summed E-state index contributed by atoms with van der Waals surface area (Å²) in [5.41, 5.74) is 1.92. The lowest BCUT2D eigenvalue weighted by Crippen LogP contribution is -2.36. The molecule has 1 aromatic heterocycles. The normalized spacial score (nSPS) is 15.8. The molecule has 2 N–H and O–H groups in total. The minimum absolute atomic E-state index is 0.0487. The summed E-state index contributed by atoms with van der Waals surface area (Å²) in [7, 11) is -2.78. The van der Waals surface area contributed by atoms with Crippen LogP contribution in [0.15, 0.2) is 41.1 Å². The van der Waals surface area contributed by atoms with Crippen LogP contribution in [0.3, 0.4) is 0 Å². The van der Waals surface area contributed by atoms with E-state index in [0.29, 0.717) is 9.44 Å². The number of aliphatic hydroxyl groups is 1. The number of likely N-dealkylation sites (N-methyl/N-ethyl adjacent to an activating group) is 1. The van der Waals surface area contributed by atoms with E-state index in [-0.39, 0.29) is 10.5 Å². The first-order chi connectivity index (χ1) is 11.3. The lowest BCUT2D eigenvalue weighted by Gasteiger charge is -2.27. The van der Waals surface area contributed by atoms with Crippen molar-refractivity contribution >= 4 is 38.2 Å². The number of sulfonamides is 1. The van der Waals surface area contributed by atoms with E-state index in [9.17, 15) is 18.3 Å². The van der Waals surface area contributed by atoms with E-state index >= 15 is 0 Å². The number of carbonyl (C=O) groups excluding carboxylic acids is 1. The molecule has 8 nitrogen and oxygen atoms in total. The Kier molecular flexibility index (Phi) is 3.93. The molecule has 0 saturated heterocycles. The smallest absolute Gasteiger partial charge is 0.383 e. The zero-order valence-corrected chi connectivity index (χ0v) is 14.3. The second-order valence-corrected chi connectivity index (χ2v) is 8.11. The van der Waals surface area contributed by atoms with Gasteiger partial charge in [-0.05, 0) is 19.1 Å². The summed E-state index contributed by atoms with van der Waals surface area (Å²) in [6.07, 6.45) is 1.59. The van der Waals surface area contributed by atoms with Crippen LogP contribution in [0.2, 0.25) is 0 Å². The average molecular weight is 367 g/mol. The van der Waals surface area contributed by atoms with Gasteiger partial charge in [0, 0.05) is 23.7 Å². The number of nitrogens with zero attached hydrogens (tertiary/aromatic N) is 2. The van der Waals surface area contributed by atoms with E-state index in [0.717, 1.165) is 4.88 Å². The number of rotatable bonds is 3. The van der Waals surface area contributed by atoms with Crippen molar-refractivity contribution < 1.29 is 23.2 Å². The summed E-state index contributed by atoms with van der Waals surface area (Å²) in [6.45, 7) is 1.83. The van der Waals surface area contributed by atoms with Crippen LogP contribution in [-0.4, -0.2) is 35.8 Å². The van der Waals surface area contributed by atoms with Gasteiger partial charge >= 0.3 is 5.97 Å². The molecule has 0 radical (unpaired) electrons. The molecule has 0 bridgehead atoms. The lowest BCUT2D eigenvalue weighted by atomic mass is 10.1. The maximum Gasteiger partial charge on any atom is 0.383 e. The van der Waals surface area contributed by atoms with Crippen molar-refractivity contribution in [2.24, 2.45) is 0 Å². The maximum absolute atomic E-state index is 12.5. The summed E-state index contributed by atoms with van der Waals surface area (Å²) >= 11 is 1.26. The number of hydrogen-bond donors (Lipinski definition) is 2. The first-order valence-corrected chi connectivity index (χ1v) is 8.99. The molecular weight excluding hydrogens is 354 g/mol. The Morgan fingerprint density at radius 3 is 2.75 bits per heavy atom. The molecule has 0 unspecified atom stereocenters. The van der Waals surface area contributed by atoms with Crippen LogP contribution in [0, 0.1) is 6.92 Å². The van der Waals surface area contributed by atoms with Gasteiger partial charge in [0.15, 0.2) is 11.5 Å². The molecule has 2 heterocycles. The number of aromatic nitrogens is 1. The number of hydrogen-bond acceptors (Lipinski definition) is 8. The minimum Gasteiger partial charge on any atom is -0.505 e. The Bertz CT molecular complexity index is 949. The SMILES string of the molecule is Cc1cnc(NOC(=O)C2=C(O)c3ccccc3S(=O)(=O)N2C)s1. The molecule has 24 heavy (non-hydrogen) atoms. The first kappa shape index (κ1) is 16.3. The van der Waals surface area contributed by atoms with Crippen molar-refractivity contribution in [2.75, 3.05) is 12.5 Å². The molecule has 0 aliphatic carbocycles. The standard InChI is InChI=1S/C14H13N3O5S2/c1-8-7-15-14(23-8)16-22-13(19)11-12(18)9-5-3-4-6-10(9)24(20,21)17(11)2/h3-7,18H,1-2H3,(H,15,16). The highest BCUT2D eigenvalue weighted by Gasteiger charge is 2.38. The van der Waals surface area contributed by atoms with Crippen molar-refractivity contribution in [2.45, 2.75) is 11.8 Å². The summed E-state index contributed by atoms with van der Waals surface area (Å²) in [6, 6.07) is 5.87. The monoisotopic (exact) mass is 367 g/mol. The fourth-order valence-corrected chi connectivity index (χ4v) is 4.19. The topological polar surface area (TPSA) is 109 Å². The van der Waals surface area contributed by atoms with Crippen molar-refractivity contribution in [1.82, 2.24) is 9.29 Å². The molecule has 10 heteroatoms. The molecule has 0 fully saturated rings. The van der Waals surface area contributed by atoms with Crippen LogP contribution in [0.5, 0.6) is 0 Å². The highest BCUT2D eigenvalue weighted by atomic mass is 32.2. The zero-order chi connectivity index (χ0) is 17.5. The van der Waals surface area contributed by atoms with Crippen molar-refractivity contribution in [3.63, 3.8) is 0 Å². The van der Waals surface area contributed by atoms with Gasteiger partial charge in [-0.15, -0.1) is 0 Å². The average Bonchev–Trinajstić information content (AvgIpc) is 2.97. The van der Waals surface area contributed by atoms with Gasteiger partial charge in [-0.2, -0.15) is 5.48 Å². The highest BCUT2D eigenvalue weighted by Crippen LogP contribution is 2.34.